The van der Waals surface area contributed by atoms with Crippen molar-refractivity contribution in [3.63, 3.8) is 0 Å². The molecule has 0 radical (unpaired) electrons. The number of H-pyrrole nitrogens is 1. The fourth-order valence-electron chi connectivity index (χ4n) is 0.490. The molecule has 1 rings (SSSR count). The van der Waals surface area contributed by atoms with Crippen molar-refractivity contribution in [2.75, 3.05) is 0 Å². The van der Waals surface area contributed by atoms with Crippen LogP contribution in [0.2, 0.25) is 10.2 Å². The number of nitro groups is 1. The van der Waals surface area contributed by atoms with Crippen LogP contribution in [0.1, 0.15) is 0 Å². The predicted octanol–water partition coefficient (Wildman–Crippen LogP) is 2.23. The molecule has 1 heterocycles. The number of aromatic nitrogens is 1. The van der Waals surface area contributed by atoms with E-state index < -0.39 is 4.92 Å². The van der Waals surface area contributed by atoms with Crippen molar-refractivity contribution >= 4 is 29.0 Å². The van der Waals surface area contributed by atoms with Crippen molar-refractivity contribution in [3.8, 4) is 0 Å². The lowest BCUT2D eigenvalue weighted by molar-refractivity contribution is -0.389. The highest BCUT2D eigenvalue weighted by Crippen LogP contribution is 2.25. The summed E-state index contributed by atoms with van der Waals surface area (Å²) in [6.07, 6.45) is 0. The number of hydrogen-bond acceptors (Lipinski definition) is 2. The maximum Gasteiger partial charge on any atom is 0.323 e. The van der Waals surface area contributed by atoms with Crippen molar-refractivity contribution in [1.82, 2.24) is 4.98 Å². The Balaban J connectivity index is 3.10. The number of nitrogens with one attached hydrogen (secondary N) is 1. The monoisotopic (exact) mass is 180 g/mol. The van der Waals surface area contributed by atoms with Crippen LogP contribution in [-0.2, 0) is 0 Å². The van der Waals surface area contributed by atoms with E-state index in [9.17, 15) is 10.1 Å². The first-order valence-electron chi connectivity index (χ1n) is 2.29. The molecule has 54 valence electrons. The smallest absolute Gasteiger partial charge is 0.323 e. The van der Waals surface area contributed by atoms with Gasteiger partial charge in [0.25, 0.3) is 0 Å². The van der Waals surface area contributed by atoms with E-state index in [0.29, 0.717) is 0 Å². The van der Waals surface area contributed by atoms with Gasteiger partial charge in [-0.15, -0.1) is 0 Å². The lowest BCUT2D eigenvalue weighted by Gasteiger charge is -1.84. The minimum absolute atomic E-state index is 0.0911. The number of aromatic amines is 1. The van der Waals surface area contributed by atoms with E-state index in [1.807, 2.05) is 0 Å². The highest BCUT2D eigenvalue weighted by molar-refractivity contribution is 6.41. The van der Waals surface area contributed by atoms with Gasteiger partial charge in [-0.3, -0.25) is 0 Å². The second-order valence-electron chi connectivity index (χ2n) is 1.57. The minimum Gasteiger partial charge on any atom is -0.358 e. The Morgan fingerprint density at radius 2 is 2.20 bits per heavy atom. The van der Waals surface area contributed by atoms with Crippen LogP contribution in [-0.4, -0.2) is 9.91 Å². The number of nitrogens with zero attached hydrogens (tertiary/aromatic N) is 1. The Labute approximate surface area is 65.9 Å². The highest BCUT2D eigenvalue weighted by Gasteiger charge is 2.11. The Morgan fingerprint density at radius 1 is 1.60 bits per heavy atom. The molecule has 4 nitrogen and oxygen atoms in total. The van der Waals surface area contributed by atoms with Crippen LogP contribution >= 0.6 is 23.2 Å². The maximum absolute atomic E-state index is 10.0. The summed E-state index contributed by atoms with van der Waals surface area (Å²) in [5.41, 5.74) is 0. The zero-order valence-corrected chi connectivity index (χ0v) is 6.11. The number of hydrogen-bond donors (Lipinski definition) is 1. The van der Waals surface area contributed by atoms with Crippen molar-refractivity contribution in [2.24, 2.45) is 0 Å². The zero-order valence-electron chi connectivity index (χ0n) is 4.60. The van der Waals surface area contributed by atoms with Crippen molar-refractivity contribution in [3.05, 3.63) is 26.4 Å². The van der Waals surface area contributed by atoms with Gasteiger partial charge < -0.3 is 10.1 Å². The quantitative estimate of drug-likeness (QED) is 0.533. The largest absolute Gasteiger partial charge is 0.358 e. The fraction of sp³-hybridized carbons (Fsp3) is 0. The fourth-order valence-corrected chi connectivity index (χ4v) is 0.792. The molecule has 0 atom stereocenters. The molecule has 10 heavy (non-hydrogen) atoms. The van der Waals surface area contributed by atoms with Crippen molar-refractivity contribution < 1.29 is 4.92 Å². The second kappa shape index (κ2) is 2.48. The average molecular weight is 181 g/mol. The molecule has 6 heteroatoms. The third-order valence-corrected chi connectivity index (χ3v) is 1.60. The van der Waals surface area contributed by atoms with Crippen LogP contribution in [0.3, 0.4) is 0 Å². The summed E-state index contributed by atoms with van der Waals surface area (Å²) >= 11 is 10.8. The van der Waals surface area contributed by atoms with Gasteiger partial charge in [-0.1, -0.05) is 11.6 Å². The van der Waals surface area contributed by atoms with E-state index in [0.717, 1.165) is 6.07 Å². The average Bonchev–Trinajstić information content (AvgIpc) is 2.13. The summed E-state index contributed by atoms with van der Waals surface area (Å²) in [5.74, 6) is -0.199. The molecule has 0 amide bonds. The minimum atomic E-state index is -0.599. The molecular formula is C4H2Cl2N2O2. The van der Waals surface area contributed by atoms with E-state index in [2.05, 4.69) is 4.98 Å². The van der Waals surface area contributed by atoms with E-state index in [-0.39, 0.29) is 16.0 Å². The van der Waals surface area contributed by atoms with Gasteiger partial charge in [0, 0.05) is 0 Å². The standard InChI is InChI=1S/C4H2Cl2N2O2/c5-2-1-3(8(9)10)7-4(2)6/h1,7H. The zero-order chi connectivity index (χ0) is 7.72. The van der Waals surface area contributed by atoms with Gasteiger partial charge in [0.1, 0.15) is 5.02 Å². The van der Waals surface area contributed by atoms with Crippen LogP contribution in [0.4, 0.5) is 5.82 Å². The molecule has 0 unspecified atom stereocenters. The lowest BCUT2D eigenvalue weighted by Crippen LogP contribution is -1.85. The molecule has 1 aromatic rings. The molecule has 1 aromatic heterocycles. The van der Waals surface area contributed by atoms with Gasteiger partial charge in [-0.2, -0.15) is 0 Å². The Bertz CT molecular complexity index is 251. The summed E-state index contributed by atoms with van der Waals surface area (Å²) < 4.78 is 0. The molecule has 0 saturated heterocycles. The maximum atomic E-state index is 10.0. The Morgan fingerprint density at radius 3 is 2.40 bits per heavy atom. The van der Waals surface area contributed by atoms with Gasteiger partial charge in [0.05, 0.1) is 6.07 Å². The summed E-state index contributed by atoms with van der Waals surface area (Å²) in [5, 5.41) is 10.3. The van der Waals surface area contributed by atoms with E-state index in [1.165, 1.54) is 0 Å². The first-order valence-corrected chi connectivity index (χ1v) is 3.05. The molecule has 0 aromatic carbocycles. The third kappa shape index (κ3) is 1.22. The molecule has 0 aliphatic heterocycles. The Hall–Kier alpha value is -0.740. The van der Waals surface area contributed by atoms with Gasteiger partial charge in [-0.05, 0) is 16.5 Å². The molecule has 0 fully saturated rings. The molecule has 0 spiro atoms. The van der Waals surface area contributed by atoms with Gasteiger partial charge >= 0.3 is 5.82 Å². The molecular weight excluding hydrogens is 179 g/mol. The SMILES string of the molecule is O=[N+]([O-])c1cc(Cl)c(Cl)[nH]1. The van der Waals surface area contributed by atoms with E-state index in [1.54, 1.807) is 0 Å². The second-order valence-corrected chi connectivity index (χ2v) is 2.36. The lowest BCUT2D eigenvalue weighted by atomic mass is 10.6. The van der Waals surface area contributed by atoms with Gasteiger partial charge in [0.15, 0.2) is 0 Å². The van der Waals surface area contributed by atoms with Crippen LogP contribution in [0.25, 0.3) is 0 Å². The topological polar surface area (TPSA) is 58.9 Å². The first-order chi connectivity index (χ1) is 4.61. The van der Waals surface area contributed by atoms with Crippen LogP contribution in [0, 0.1) is 10.1 Å². The summed E-state index contributed by atoms with van der Waals surface area (Å²) in [4.78, 5) is 11.7. The molecule has 1 N–H and O–H groups in total. The summed E-state index contributed by atoms with van der Waals surface area (Å²) in [6.45, 7) is 0. The van der Waals surface area contributed by atoms with Gasteiger partial charge in [-0.25, -0.2) is 4.98 Å². The molecule has 0 bridgehead atoms. The van der Waals surface area contributed by atoms with E-state index >= 15 is 0 Å². The summed E-state index contributed by atoms with van der Waals surface area (Å²) in [7, 11) is 0. The normalized spacial score (nSPS) is 9.80. The molecule has 0 aliphatic carbocycles. The first kappa shape index (κ1) is 7.37. The highest BCUT2D eigenvalue weighted by atomic mass is 35.5. The third-order valence-electron chi connectivity index (χ3n) is 0.908. The van der Waals surface area contributed by atoms with Crippen molar-refractivity contribution in [1.29, 1.82) is 0 Å². The van der Waals surface area contributed by atoms with Gasteiger partial charge in [0.2, 0.25) is 5.15 Å². The number of rotatable bonds is 1. The Kier molecular flexibility index (Phi) is 1.82. The molecule has 0 saturated carbocycles. The van der Waals surface area contributed by atoms with E-state index in [4.69, 9.17) is 23.2 Å². The van der Waals surface area contributed by atoms with Crippen LogP contribution in [0.15, 0.2) is 6.07 Å². The van der Waals surface area contributed by atoms with Crippen molar-refractivity contribution in [2.45, 2.75) is 0 Å². The van der Waals surface area contributed by atoms with Crippen LogP contribution in [0.5, 0.6) is 0 Å². The number of halogens is 2. The van der Waals surface area contributed by atoms with Crippen LogP contribution < -0.4 is 0 Å². The summed E-state index contributed by atoms with van der Waals surface area (Å²) in [6, 6.07) is 1.16. The molecule has 0 aliphatic rings. The predicted molar refractivity (Wildman–Crippen MR) is 37.5 cm³/mol.